The fourth-order valence-electron chi connectivity index (χ4n) is 1.51. The van der Waals surface area contributed by atoms with Crippen LogP contribution < -0.4 is 16.4 Å². The van der Waals surface area contributed by atoms with Crippen LogP contribution >= 0.6 is 0 Å². The highest BCUT2D eigenvalue weighted by atomic mass is 16.2. The minimum absolute atomic E-state index is 0.215. The molecule has 0 aromatic carbocycles. The molecule has 7 heteroatoms. The first kappa shape index (κ1) is 14.2. The number of carbonyl (C=O) groups excluding carboxylic acids is 2. The Hall–Kier alpha value is -1.89. The highest BCUT2D eigenvalue weighted by Gasteiger charge is 2.19. The molecule has 1 unspecified atom stereocenters. The van der Waals surface area contributed by atoms with Crippen molar-refractivity contribution in [1.29, 1.82) is 0 Å². The Morgan fingerprint density at radius 1 is 1.56 bits per heavy atom. The van der Waals surface area contributed by atoms with Crippen LogP contribution in [0.2, 0.25) is 0 Å². The molecule has 0 saturated heterocycles. The van der Waals surface area contributed by atoms with Gasteiger partial charge in [0.15, 0.2) is 0 Å². The fraction of sp³-hybridized carbons (Fsp3) is 0.545. The van der Waals surface area contributed by atoms with E-state index in [0.717, 1.165) is 5.69 Å². The number of hydrogen-bond acceptors (Lipinski definition) is 4. The quantitative estimate of drug-likeness (QED) is 0.463. The maximum atomic E-state index is 11.9. The molecule has 18 heavy (non-hydrogen) atoms. The lowest BCUT2D eigenvalue weighted by molar-refractivity contribution is -0.128. The van der Waals surface area contributed by atoms with Gasteiger partial charge in [0.05, 0.1) is 6.33 Å². The zero-order valence-electron chi connectivity index (χ0n) is 10.4. The summed E-state index contributed by atoms with van der Waals surface area (Å²) >= 11 is 0. The second-order valence-electron chi connectivity index (χ2n) is 3.97. The van der Waals surface area contributed by atoms with E-state index in [1.54, 1.807) is 6.20 Å². The van der Waals surface area contributed by atoms with Gasteiger partial charge in [-0.2, -0.15) is 0 Å². The monoisotopic (exact) mass is 253 g/mol. The molecule has 1 atom stereocenters. The van der Waals surface area contributed by atoms with Crippen LogP contribution in [0.15, 0.2) is 12.5 Å². The molecule has 1 aromatic rings. The third-order valence-corrected chi connectivity index (χ3v) is 2.35. The molecule has 1 aromatic heterocycles. The number of imidazole rings is 1. The first-order valence-electron chi connectivity index (χ1n) is 5.85. The Kier molecular flexibility index (Phi) is 5.86. The molecule has 0 aliphatic rings. The molecular weight excluding hydrogens is 234 g/mol. The number of nitrogens with zero attached hydrogens (tertiary/aromatic N) is 1. The van der Waals surface area contributed by atoms with E-state index >= 15 is 0 Å². The van der Waals surface area contributed by atoms with Gasteiger partial charge in [-0.25, -0.2) is 4.98 Å². The van der Waals surface area contributed by atoms with Gasteiger partial charge in [0.1, 0.15) is 6.04 Å². The van der Waals surface area contributed by atoms with Gasteiger partial charge in [-0.05, 0) is 13.0 Å². The molecule has 0 aliphatic heterocycles. The lowest BCUT2D eigenvalue weighted by atomic mass is 10.1. The first-order valence-corrected chi connectivity index (χ1v) is 5.85. The van der Waals surface area contributed by atoms with Crippen LogP contribution in [0.25, 0.3) is 0 Å². The molecule has 1 heterocycles. The Labute approximate surface area is 106 Å². The van der Waals surface area contributed by atoms with E-state index in [2.05, 4.69) is 20.6 Å². The van der Waals surface area contributed by atoms with E-state index in [9.17, 15) is 9.59 Å². The molecule has 0 aliphatic carbocycles. The predicted molar refractivity (Wildman–Crippen MR) is 66.6 cm³/mol. The summed E-state index contributed by atoms with van der Waals surface area (Å²) in [6, 6.07) is -0.597. The van der Waals surface area contributed by atoms with Gasteiger partial charge in [0, 0.05) is 31.8 Å². The number of rotatable bonds is 7. The third-order valence-electron chi connectivity index (χ3n) is 2.35. The molecule has 7 nitrogen and oxygen atoms in total. The van der Waals surface area contributed by atoms with Crippen molar-refractivity contribution in [2.75, 3.05) is 13.1 Å². The maximum Gasteiger partial charge on any atom is 0.242 e. The van der Waals surface area contributed by atoms with Crippen LogP contribution in [-0.2, 0) is 16.0 Å². The molecule has 1 rings (SSSR count). The van der Waals surface area contributed by atoms with Gasteiger partial charge in [-0.1, -0.05) is 0 Å². The molecule has 0 bridgehead atoms. The van der Waals surface area contributed by atoms with E-state index < -0.39 is 6.04 Å². The number of aromatic amines is 1. The first-order chi connectivity index (χ1) is 8.63. The van der Waals surface area contributed by atoms with Gasteiger partial charge in [0.2, 0.25) is 11.8 Å². The summed E-state index contributed by atoms with van der Waals surface area (Å²) in [5, 5.41) is 5.35. The Bertz CT molecular complexity index is 377. The predicted octanol–water partition coefficient (Wildman–Crippen LogP) is -1.08. The van der Waals surface area contributed by atoms with Crippen LogP contribution in [0.5, 0.6) is 0 Å². The molecule has 0 fully saturated rings. The zero-order chi connectivity index (χ0) is 13.4. The summed E-state index contributed by atoms with van der Waals surface area (Å²) in [6.07, 6.45) is 4.26. The number of amides is 2. The number of aromatic nitrogens is 2. The molecule has 5 N–H and O–H groups in total. The molecule has 0 saturated carbocycles. The van der Waals surface area contributed by atoms with Crippen LogP contribution in [0.3, 0.4) is 0 Å². The second kappa shape index (κ2) is 7.44. The van der Waals surface area contributed by atoms with Crippen molar-refractivity contribution in [3.05, 3.63) is 18.2 Å². The minimum atomic E-state index is -0.597. The second-order valence-corrected chi connectivity index (χ2v) is 3.97. The topological polar surface area (TPSA) is 113 Å². The summed E-state index contributed by atoms with van der Waals surface area (Å²) in [6.45, 7) is 2.41. The summed E-state index contributed by atoms with van der Waals surface area (Å²) in [5.41, 5.74) is 6.14. The lowest BCUT2D eigenvalue weighted by Gasteiger charge is -2.16. The molecule has 0 radical (unpaired) electrons. The maximum absolute atomic E-state index is 11.9. The van der Waals surface area contributed by atoms with Gasteiger partial charge in [-0.3, -0.25) is 9.59 Å². The van der Waals surface area contributed by atoms with Crippen LogP contribution in [0.4, 0.5) is 0 Å². The van der Waals surface area contributed by atoms with E-state index in [0.29, 0.717) is 25.9 Å². The van der Waals surface area contributed by atoms with Gasteiger partial charge < -0.3 is 21.4 Å². The average molecular weight is 253 g/mol. The zero-order valence-corrected chi connectivity index (χ0v) is 10.4. The molecular formula is C11H19N5O2. The van der Waals surface area contributed by atoms with Crippen LogP contribution in [0.1, 0.15) is 19.0 Å². The number of nitrogens with two attached hydrogens (primary N) is 1. The van der Waals surface area contributed by atoms with Gasteiger partial charge in [-0.15, -0.1) is 0 Å². The highest BCUT2D eigenvalue weighted by molar-refractivity contribution is 5.86. The number of nitrogens with one attached hydrogen (secondary N) is 3. The summed E-state index contributed by atoms with van der Waals surface area (Å²) in [7, 11) is 0. The van der Waals surface area contributed by atoms with E-state index in [-0.39, 0.29) is 11.8 Å². The van der Waals surface area contributed by atoms with E-state index in [1.807, 2.05) is 0 Å². The van der Waals surface area contributed by atoms with Gasteiger partial charge >= 0.3 is 0 Å². The van der Waals surface area contributed by atoms with Crippen molar-refractivity contribution in [2.24, 2.45) is 5.73 Å². The summed E-state index contributed by atoms with van der Waals surface area (Å²) < 4.78 is 0. The largest absolute Gasteiger partial charge is 0.354 e. The highest BCUT2D eigenvalue weighted by Crippen LogP contribution is 1.99. The smallest absolute Gasteiger partial charge is 0.242 e. The minimum Gasteiger partial charge on any atom is -0.354 e. The number of carbonyl (C=O) groups is 2. The van der Waals surface area contributed by atoms with E-state index in [4.69, 9.17) is 5.73 Å². The lowest BCUT2D eigenvalue weighted by Crippen LogP contribution is -2.47. The van der Waals surface area contributed by atoms with Crippen molar-refractivity contribution in [3.8, 4) is 0 Å². The van der Waals surface area contributed by atoms with Crippen molar-refractivity contribution < 1.29 is 9.59 Å². The third kappa shape index (κ3) is 4.96. The van der Waals surface area contributed by atoms with E-state index in [1.165, 1.54) is 13.3 Å². The molecule has 100 valence electrons. The van der Waals surface area contributed by atoms with Crippen LogP contribution in [0, 0.1) is 0 Å². The summed E-state index contributed by atoms with van der Waals surface area (Å²) in [5.74, 6) is -0.457. The van der Waals surface area contributed by atoms with Gasteiger partial charge in [0.25, 0.3) is 0 Å². The number of H-pyrrole nitrogens is 1. The van der Waals surface area contributed by atoms with Crippen molar-refractivity contribution in [3.63, 3.8) is 0 Å². The SMILES string of the molecule is CC(=O)NC(Cc1cnc[nH]1)C(=O)NCCCN. The molecule has 0 spiro atoms. The molecule has 2 amide bonds. The average Bonchev–Trinajstić information content (AvgIpc) is 2.80. The van der Waals surface area contributed by atoms with Crippen molar-refractivity contribution >= 4 is 11.8 Å². The van der Waals surface area contributed by atoms with Crippen molar-refractivity contribution in [2.45, 2.75) is 25.8 Å². The Balaban J connectivity index is 2.54. The standard InChI is InChI=1S/C11H19N5O2/c1-8(17)16-10(5-9-6-13-7-15-9)11(18)14-4-2-3-12/h6-7,10H,2-5,12H2,1H3,(H,13,15)(H,14,18)(H,16,17). The summed E-state index contributed by atoms with van der Waals surface area (Å²) in [4.78, 5) is 29.7. The Morgan fingerprint density at radius 2 is 2.33 bits per heavy atom. The fourth-order valence-corrected chi connectivity index (χ4v) is 1.51. The van der Waals surface area contributed by atoms with Crippen LogP contribution in [-0.4, -0.2) is 40.9 Å². The normalized spacial score (nSPS) is 11.9. The number of hydrogen-bond donors (Lipinski definition) is 4. The Morgan fingerprint density at radius 3 is 2.89 bits per heavy atom. The van der Waals surface area contributed by atoms with Crippen molar-refractivity contribution in [1.82, 2.24) is 20.6 Å².